The van der Waals surface area contributed by atoms with Gasteiger partial charge in [-0.15, -0.1) is 0 Å². The third kappa shape index (κ3) is 3.94. The molecule has 0 saturated carbocycles. The Morgan fingerprint density at radius 3 is 2.66 bits per heavy atom. The zero-order chi connectivity index (χ0) is 22.1. The van der Waals surface area contributed by atoms with E-state index >= 15 is 0 Å². The monoisotopic (exact) mass is 427 g/mol. The minimum absolute atomic E-state index is 0.175. The Kier molecular flexibility index (Phi) is 5.10. The summed E-state index contributed by atoms with van der Waals surface area (Å²) in [6.07, 6.45) is 3.71. The van der Waals surface area contributed by atoms with Crippen LogP contribution in [0.1, 0.15) is 29.5 Å². The van der Waals surface area contributed by atoms with E-state index in [1.165, 1.54) is 0 Å². The molecule has 1 atom stereocenters. The Morgan fingerprint density at radius 2 is 1.88 bits per heavy atom. The van der Waals surface area contributed by atoms with Gasteiger partial charge in [-0.25, -0.2) is 15.0 Å². The molecule has 0 unspecified atom stereocenters. The zero-order valence-electron chi connectivity index (χ0n) is 17.5. The molecule has 0 radical (unpaired) electrons. The van der Waals surface area contributed by atoms with Crippen molar-refractivity contribution in [1.29, 1.82) is 0 Å². The highest BCUT2D eigenvalue weighted by atomic mass is 16.5. The van der Waals surface area contributed by atoms with Gasteiger partial charge in [0.15, 0.2) is 17.4 Å². The average Bonchev–Trinajstić information content (AvgIpc) is 3.23. The largest absolute Gasteiger partial charge is 0.436 e. The van der Waals surface area contributed by atoms with Crippen LogP contribution < -0.4 is 9.64 Å². The van der Waals surface area contributed by atoms with Crippen LogP contribution in [0.4, 0.5) is 5.82 Å². The van der Waals surface area contributed by atoms with Gasteiger partial charge in [0, 0.05) is 30.9 Å². The molecule has 3 heterocycles. The van der Waals surface area contributed by atoms with Crippen molar-refractivity contribution in [3.63, 3.8) is 0 Å². The smallest absolute Gasteiger partial charge is 0.263 e. The number of carbonyl (C=O) groups excluding carboxylic acids is 2. The minimum atomic E-state index is -0.200. The first-order chi connectivity index (χ1) is 15.6. The van der Waals surface area contributed by atoms with E-state index in [1.807, 2.05) is 36.1 Å². The lowest BCUT2D eigenvalue weighted by molar-refractivity contribution is -0.119. The second-order valence-electron chi connectivity index (χ2n) is 7.97. The molecule has 1 saturated heterocycles. The predicted octanol–water partition coefficient (Wildman–Crippen LogP) is 3.79. The van der Waals surface area contributed by atoms with E-state index in [4.69, 9.17) is 4.74 Å². The van der Waals surface area contributed by atoms with Gasteiger partial charge in [0.2, 0.25) is 5.78 Å². The van der Waals surface area contributed by atoms with Crippen molar-refractivity contribution in [1.82, 2.24) is 19.9 Å². The van der Waals surface area contributed by atoms with Crippen molar-refractivity contribution in [2.45, 2.75) is 13.3 Å². The topological polar surface area (TPSA) is 101 Å². The first-order valence-corrected chi connectivity index (χ1v) is 10.4. The highest BCUT2D eigenvalue weighted by Crippen LogP contribution is 2.30. The van der Waals surface area contributed by atoms with Crippen LogP contribution in [0.3, 0.4) is 0 Å². The fourth-order valence-corrected chi connectivity index (χ4v) is 3.92. The molecule has 8 heteroatoms. The van der Waals surface area contributed by atoms with Gasteiger partial charge in [0.25, 0.3) is 5.88 Å². The molecule has 1 N–H and O–H groups in total. The summed E-state index contributed by atoms with van der Waals surface area (Å²) in [7, 11) is 0. The van der Waals surface area contributed by atoms with Crippen LogP contribution in [0, 0.1) is 5.92 Å². The molecule has 0 aliphatic carbocycles. The van der Waals surface area contributed by atoms with Crippen molar-refractivity contribution in [3.05, 3.63) is 72.3 Å². The van der Waals surface area contributed by atoms with Gasteiger partial charge in [0.05, 0.1) is 17.6 Å². The van der Waals surface area contributed by atoms with E-state index < -0.39 is 0 Å². The van der Waals surface area contributed by atoms with Crippen LogP contribution in [0.25, 0.3) is 11.0 Å². The van der Waals surface area contributed by atoms with Crippen LogP contribution in [0.15, 0.2) is 60.9 Å². The van der Waals surface area contributed by atoms with E-state index in [2.05, 4.69) is 19.9 Å². The summed E-state index contributed by atoms with van der Waals surface area (Å²) in [6, 6.07) is 14.3. The maximum Gasteiger partial charge on any atom is 0.263 e. The Labute approximate surface area is 184 Å². The highest BCUT2D eigenvalue weighted by molar-refractivity contribution is 6.08. The van der Waals surface area contributed by atoms with Crippen LogP contribution in [-0.2, 0) is 4.79 Å². The summed E-state index contributed by atoms with van der Waals surface area (Å²) in [5.41, 5.74) is 2.05. The average molecular weight is 427 g/mol. The molecule has 32 heavy (non-hydrogen) atoms. The van der Waals surface area contributed by atoms with Crippen LogP contribution in [-0.4, -0.2) is 44.6 Å². The fraction of sp³-hybridized carbons (Fsp3) is 0.208. The number of ketones is 2. The molecule has 2 aromatic carbocycles. The number of anilines is 1. The summed E-state index contributed by atoms with van der Waals surface area (Å²) < 4.78 is 5.96. The van der Waals surface area contributed by atoms with Gasteiger partial charge in [0.1, 0.15) is 5.75 Å². The lowest BCUT2D eigenvalue weighted by atomic mass is 9.99. The maximum absolute atomic E-state index is 12.8. The summed E-state index contributed by atoms with van der Waals surface area (Å²) in [5, 5.41) is 0. The van der Waals surface area contributed by atoms with E-state index in [0.29, 0.717) is 48.3 Å². The van der Waals surface area contributed by atoms with E-state index in [-0.39, 0.29) is 17.5 Å². The van der Waals surface area contributed by atoms with Gasteiger partial charge < -0.3 is 14.6 Å². The van der Waals surface area contributed by atoms with Gasteiger partial charge in [-0.2, -0.15) is 0 Å². The SMILES string of the molecule is C[C@@H]1CC(=O)CN(c2nccnc2Oc2ccc(C(=O)c3nc4ccccc4[nH]3)cc2)C1. The van der Waals surface area contributed by atoms with Crippen molar-refractivity contribution >= 4 is 28.4 Å². The molecule has 1 aliphatic heterocycles. The normalized spacial score (nSPS) is 16.3. The molecule has 5 rings (SSSR count). The van der Waals surface area contributed by atoms with E-state index in [1.54, 1.807) is 36.7 Å². The number of hydrogen-bond donors (Lipinski definition) is 1. The molecule has 0 bridgehead atoms. The predicted molar refractivity (Wildman–Crippen MR) is 119 cm³/mol. The molecule has 2 aromatic heterocycles. The fourth-order valence-electron chi connectivity index (χ4n) is 3.92. The lowest BCUT2D eigenvalue weighted by Crippen LogP contribution is -2.40. The maximum atomic E-state index is 12.8. The quantitative estimate of drug-likeness (QED) is 0.484. The number of piperidine rings is 1. The number of aromatic nitrogens is 4. The third-order valence-corrected chi connectivity index (χ3v) is 5.36. The van der Waals surface area contributed by atoms with Crippen molar-refractivity contribution in [2.24, 2.45) is 5.92 Å². The van der Waals surface area contributed by atoms with Gasteiger partial charge in [-0.1, -0.05) is 19.1 Å². The van der Waals surface area contributed by atoms with Crippen molar-refractivity contribution in [3.8, 4) is 11.6 Å². The number of nitrogens with zero attached hydrogens (tertiary/aromatic N) is 4. The number of imidazole rings is 1. The molecule has 1 fully saturated rings. The number of ether oxygens (including phenoxy) is 1. The van der Waals surface area contributed by atoms with Gasteiger partial charge in [-0.05, 0) is 42.3 Å². The van der Waals surface area contributed by atoms with E-state index in [0.717, 1.165) is 11.0 Å². The first kappa shape index (κ1) is 19.9. The van der Waals surface area contributed by atoms with Crippen molar-refractivity contribution < 1.29 is 14.3 Å². The third-order valence-electron chi connectivity index (χ3n) is 5.36. The van der Waals surface area contributed by atoms with Gasteiger partial charge >= 0.3 is 0 Å². The first-order valence-electron chi connectivity index (χ1n) is 10.4. The minimum Gasteiger partial charge on any atom is -0.436 e. The molecule has 1 aliphatic rings. The van der Waals surface area contributed by atoms with Crippen LogP contribution in [0.2, 0.25) is 0 Å². The second kappa shape index (κ2) is 8.22. The van der Waals surface area contributed by atoms with Gasteiger partial charge in [-0.3, -0.25) is 9.59 Å². The summed E-state index contributed by atoms with van der Waals surface area (Å²) in [4.78, 5) is 42.9. The van der Waals surface area contributed by atoms with E-state index in [9.17, 15) is 9.59 Å². The Hall–Kier alpha value is -4.07. The summed E-state index contributed by atoms with van der Waals surface area (Å²) in [5.74, 6) is 1.89. The lowest BCUT2D eigenvalue weighted by Gasteiger charge is -2.31. The number of hydrogen-bond acceptors (Lipinski definition) is 7. The number of carbonyl (C=O) groups is 2. The number of rotatable bonds is 5. The Balaban J connectivity index is 1.35. The molecule has 160 valence electrons. The number of para-hydroxylation sites is 2. The molecule has 0 spiro atoms. The standard InChI is InChI=1S/C24H21N5O3/c1-15-12-17(30)14-29(13-15)23-24(26-11-10-25-23)32-18-8-6-16(7-9-18)21(31)22-27-19-4-2-3-5-20(19)28-22/h2-11,15H,12-14H2,1H3,(H,27,28)/t15-/m1/s1. The van der Waals surface area contributed by atoms with Crippen molar-refractivity contribution in [2.75, 3.05) is 18.0 Å². The Morgan fingerprint density at radius 1 is 1.09 bits per heavy atom. The number of benzene rings is 2. The van der Waals surface area contributed by atoms with Crippen LogP contribution in [0.5, 0.6) is 11.6 Å². The number of fused-ring (bicyclic) bond motifs is 1. The number of aromatic amines is 1. The second-order valence-corrected chi connectivity index (χ2v) is 7.97. The van der Waals surface area contributed by atoms with Crippen LogP contribution >= 0.6 is 0 Å². The molecular weight excluding hydrogens is 406 g/mol. The molecule has 0 amide bonds. The summed E-state index contributed by atoms with van der Waals surface area (Å²) in [6.45, 7) is 3.05. The number of nitrogens with one attached hydrogen (secondary N) is 1. The molecule has 8 nitrogen and oxygen atoms in total. The Bertz CT molecular complexity index is 1270. The zero-order valence-corrected chi connectivity index (χ0v) is 17.5. The number of Topliss-reactive ketones (excluding diaryl/α,β-unsaturated/α-hetero) is 1. The highest BCUT2D eigenvalue weighted by Gasteiger charge is 2.26. The molecular formula is C24H21N5O3. The molecule has 4 aromatic rings. The summed E-state index contributed by atoms with van der Waals surface area (Å²) >= 11 is 0. The number of H-pyrrole nitrogens is 1.